The molecule has 31 heavy (non-hydrogen) atoms. The van der Waals surface area contributed by atoms with Crippen LogP contribution in [0, 0.1) is 6.92 Å². The van der Waals surface area contributed by atoms with Crippen molar-refractivity contribution in [2.24, 2.45) is 7.05 Å². The van der Waals surface area contributed by atoms with Gasteiger partial charge in [0, 0.05) is 24.6 Å². The summed E-state index contributed by atoms with van der Waals surface area (Å²) in [5.41, 5.74) is 5.04. The molecule has 0 unspecified atom stereocenters. The molecule has 0 fully saturated rings. The molecule has 0 aliphatic carbocycles. The summed E-state index contributed by atoms with van der Waals surface area (Å²) >= 11 is 1.57. The molecule has 0 atom stereocenters. The number of amides is 1. The Morgan fingerprint density at radius 3 is 2.35 bits per heavy atom. The van der Waals surface area contributed by atoms with Crippen molar-refractivity contribution in [3.63, 3.8) is 0 Å². The minimum absolute atomic E-state index is 0.138. The second kappa shape index (κ2) is 9.57. The zero-order valence-corrected chi connectivity index (χ0v) is 18.3. The standard InChI is InChI=1S/C24H23N5OS/c1-17-6-8-18(9-7-17)19-10-12-20(13-11-19)23(30)26-15-22-27-28-24(29(22)2)31-16-21-5-3-4-14-25-21/h3-14H,15-16H2,1-2H3,(H,26,30). The van der Waals surface area contributed by atoms with Gasteiger partial charge in [-0.05, 0) is 42.3 Å². The SMILES string of the molecule is Cc1ccc(-c2ccc(C(=O)NCc3nnc(SCc4ccccn4)n3C)cc2)cc1. The molecule has 0 saturated carbocycles. The number of aryl methyl sites for hydroxylation is 1. The van der Waals surface area contributed by atoms with Crippen molar-refractivity contribution in [3.05, 3.63) is 95.6 Å². The summed E-state index contributed by atoms with van der Waals surface area (Å²) in [5.74, 6) is 1.28. The van der Waals surface area contributed by atoms with Crippen molar-refractivity contribution in [1.29, 1.82) is 0 Å². The quantitative estimate of drug-likeness (QED) is 0.441. The first-order valence-electron chi connectivity index (χ1n) is 9.96. The average Bonchev–Trinajstić information content (AvgIpc) is 3.16. The molecular weight excluding hydrogens is 406 g/mol. The number of nitrogens with zero attached hydrogens (tertiary/aromatic N) is 4. The molecule has 0 saturated heterocycles. The summed E-state index contributed by atoms with van der Waals surface area (Å²) in [5, 5.41) is 12.2. The lowest BCUT2D eigenvalue weighted by Gasteiger charge is -2.07. The largest absolute Gasteiger partial charge is 0.345 e. The highest BCUT2D eigenvalue weighted by Crippen LogP contribution is 2.21. The van der Waals surface area contributed by atoms with Crippen LogP contribution in [-0.4, -0.2) is 25.7 Å². The summed E-state index contributed by atoms with van der Waals surface area (Å²) in [7, 11) is 1.90. The zero-order chi connectivity index (χ0) is 21.6. The van der Waals surface area contributed by atoms with E-state index in [9.17, 15) is 4.79 Å². The van der Waals surface area contributed by atoms with Crippen LogP contribution in [0.4, 0.5) is 0 Å². The van der Waals surface area contributed by atoms with Crippen LogP contribution in [0.25, 0.3) is 11.1 Å². The molecule has 156 valence electrons. The van der Waals surface area contributed by atoms with E-state index in [1.165, 1.54) is 5.56 Å². The van der Waals surface area contributed by atoms with Gasteiger partial charge in [-0.25, -0.2) is 0 Å². The second-order valence-corrected chi connectivity index (χ2v) is 8.14. The first kappa shape index (κ1) is 20.8. The van der Waals surface area contributed by atoms with Crippen LogP contribution in [0.2, 0.25) is 0 Å². The molecule has 4 rings (SSSR count). The lowest BCUT2D eigenvalue weighted by Crippen LogP contribution is -2.24. The average molecular weight is 430 g/mol. The molecule has 0 aliphatic heterocycles. The number of pyridine rings is 1. The van der Waals surface area contributed by atoms with Crippen molar-refractivity contribution in [2.75, 3.05) is 0 Å². The molecule has 0 spiro atoms. The summed E-state index contributed by atoms with van der Waals surface area (Å²) in [6.07, 6.45) is 1.78. The maximum atomic E-state index is 12.6. The Morgan fingerprint density at radius 1 is 0.968 bits per heavy atom. The summed E-state index contributed by atoms with van der Waals surface area (Å²) in [6.45, 7) is 2.38. The number of hydrogen-bond acceptors (Lipinski definition) is 5. The first-order valence-corrected chi connectivity index (χ1v) is 10.9. The molecule has 0 bridgehead atoms. The van der Waals surface area contributed by atoms with E-state index in [1.807, 2.05) is 54.1 Å². The van der Waals surface area contributed by atoms with E-state index in [4.69, 9.17) is 0 Å². The van der Waals surface area contributed by atoms with Crippen LogP contribution in [0.15, 0.2) is 78.1 Å². The van der Waals surface area contributed by atoms with Gasteiger partial charge in [-0.15, -0.1) is 10.2 Å². The first-order chi connectivity index (χ1) is 15.1. The molecule has 0 radical (unpaired) electrons. The van der Waals surface area contributed by atoms with Gasteiger partial charge < -0.3 is 9.88 Å². The van der Waals surface area contributed by atoms with Crippen LogP contribution < -0.4 is 5.32 Å². The van der Waals surface area contributed by atoms with E-state index in [-0.39, 0.29) is 5.91 Å². The van der Waals surface area contributed by atoms with E-state index >= 15 is 0 Å². The highest BCUT2D eigenvalue weighted by molar-refractivity contribution is 7.98. The molecule has 7 heteroatoms. The van der Waals surface area contributed by atoms with Gasteiger partial charge in [0.25, 0.3) is 5.91 Å². The molecule has 4 aromatic rings. The van der Waals surface area contributed by atoms with Crippen LogP contribution in [0.5, 0.6) is 0 Å². The van der Waals surface area contributed by atoms with Crippen molar-refractivity contribution in [1.82, 2.24) is 25.1 Å². The number of rotatable bonds is 7. The number of thioether (sulfide) groups is 1. The van der Waals surface area contributed by atoms with Crippen LogP contribution in [0.1, 0.15) is 27.4 Å². The minimum atomic E-state index is -0.138. The van der Waals surface area contributed by atoms with Crippen LogP contribution in [-0.2, 0) is 19.3 Å². The monoisotopic (exact) mass is 429 g/mol. The molecule has 2 heterocycles. The summed E-state index contributed by atoms with van der Waals surface area (Å²) in [4.78, 5) is 16.9. The van der Waals surface area contributed by atoms with Gasteiger partial charge in [0.2, 0.25) is 0 Å². The number of hydrogen-bond donors (Lipinski definition) is 1. The van der Waals surface area contributed by atoms with Crippen LogP contribution in [0.3, 0.4) is 0 Å². The number of nitrogens with one attached hydrogen (secondary N) is 1. The molecular formula is C24H23N5OS. The third kappa shape index (κ3) is 5.19. The molecule has 1 N–H and O–H groups in total. The Kier molecular flexibility index (Phi) is 6.43. The van der Waals surface area contributed by atoms with Gasteiger partial charge in [0.1, 0.15) is 0 Å². The Morgan fingerprint density at radius 2 is 1.68 bits per heavy atom. The highest BCUT2D eigenvalue weighted by atomic mass is 32.2. The van der Waals surface area contributed by atoms with Gasteiger partial charge in [0.05, 0.1) is 12.2 Å². The topological polar surface area (TPSA) is 72.7 Å². The molecule has 0 aliphatic rings. The highest BCUT2D eigenvalue weighted by Gasteiger charge is 2.12. The van der Waals surface area contributed by atoms with Gasteiger partial charge >= 0.3 is 0 Å². The number of carbonyl (C=O) groups is 1. The molecule has 2 aromatic heterocycles. The Labute approximate surface area is 185 Å². The van der Waals surface area contributed by atoms with Crippen molar-refractivity contribution < 1.29 is 4.79 Å². The Balaban J connectivity index is 1.34. The molecule has 2 aromatic carbocycles. The van der Waals surface area contributed by atoms with E-state index in [0.717, 1.165) is 22.0 Å². The molecule has 6 nitrogen and oxygen atoms in total. The van der Waals surface area contributed by atoms with Gasteiger partial charge in [-0.3, -0.25) is 9.78 Å². The lowest BCUT2D eigenvalue weighted by molar-refractivity contribution is 0.0949. The third-order valence-corrected chi connectivity index (χ3v) is 5.99. The van der Waals surface area contributed by atoms with Crippen LogP contribution >= 0.6 is 11.8 Å². The second-order valence-electron chi connectivity index (χ2n) is 7.19. The predicted octanol–water partition coefficient (Wildman–Crippen LogP) is 4.41. The third-order valence-electron chi connectivity index (χ3n) is 4.94. The zero-order valence-electron chi connectivity index (χ0n) is 17.4. The fourth-order valence-electron chi connectivity index (χ4n) is 3.07. The Hall–Kier alpha value is -3.45. The fraction of sp³-hybridized carbons (Fsp3) is 0.167. The lowest BCUT2D eigenvalue weighted by atomic mass is 10.0. The summed E-state index contributed by atoms with van der Waals surface area (Å²) in [6, 6.07) is 21.8. The number of aromatic nitrogens is 4. The van der Waals surface area contributed by atoms with Gasteiger partial charge in [-0.2, -0.15) is 0 Å². The predicted molar refractivity (Wildman–Crippen MR) is 123 cm³/mol. The maximum Gasteiger partial charge on any atom is 0.251 e. The number of benzene rings is 2. The fourth-order valence-corrected chi connectivity index (χ4v) is 3.91. The van der Waals surface area contributed by atoms with Crippen molar-refractivity contribution >= 4 is 17.7 Å². The van der Waals surface area contributed by atoms with Crippen molar-refractivity contribution in [3.8, 4) is 11.1 Å². The normalized spacial score (nSPS) is 10.8. The van der Waals surface area contributed by atoms with E-state index < -0.39 is 0 Å². The molecule has 1 amide bonds. The van der Waals surface area contributed by atoms with E-state index in [1.54, 1.807) is 18.0 Å². The van der Waals surface area contributed by atoms with Gasteiger partial charge in [0.15, 0.2) is 11.0 Å². The number of carbonyl (C=O) groups excluding carboxylic acids is 1. The van der Waals surface area contributed by atoms with E-state index in [2.05, 4.69) is 51.7 Å². The van der Waals surface area contributed by atoms with E-state index in [0.29, 0.717) is 23.7 Å². The smallest absolute Gasteiger partial charge is 0.251 e. The maximum absolute atomic E-state index is 12.6. The van der Waals surface area contributed by atoms with Gasteiger partial charge in [-0.1, -0.05) is 59.8 Å². The minimum Gasteiger partial charge on any atom is -0.345 e. The Bertz CT molecular complexity index is 1160. The van der Waals surface area contributed by atoms with Crippen molar-refractivity contribution in [2.45, 2.75) is 24.4 Å². The summed E-state index contributed by atoms with van der Waals surface area (Å²) < 4.78 is 1.90.